The molecule has 0 radical (unpaired) electrons. The number of methoxy groups -OCH3 is 1. The molecule has 1 aliphatic rings. The zero-order chi connectivity index (χ0) is 17.8. The predicted molar refractivity (Wildman–Crippen MR) is 97.8 cm³/mol. The lowest BCUT2D eigenvalue weighted by atomic mass is 9.97. The molecule has 134 valence electrons. The Morgan fingerprint density at radius 3 is 3.00 bits per heavy atom. The van der Waals surface area contributed by atoms with Crippen LogP contribution in [0.1, 0.15) is 25.3 Å². The first-order valence-corrected chi connectivity index (χ1v) is 8.72. The number of benzene rings is 1. The van der Waals surface area contributed by atoms with Crippen LogP contribution in [0.3, 0.4) is 0 Å². The zero-order valence-corrected chi connectivity index (χ0v) is 14.8. The molecule has 2 N–H and O–H groups in total. The second-order valence-electron chi connectivity index (χ2n) is 6.76. The number of carbonyl (C=O) groups excluding carboxylic acids is 1. The standard InChI is InChI=1S/C19H25N3O3/c1-13(23)20-10-14-4-3-7-22(11-14)12-16-8-15-9-17(25-2)5-6-18(15)21-19(16)24/h5-6,8-9,14H,3-4,7,10-12H2,1-2H3,(H,20,23)(H,21,24)/t14-/m1/s1. The van der Waals surface area contributed by atoms with Crippen molar-refractivity contribution in [3.63, 3.8) is 0 Å². The first kappa shape index (κ1) is 17.5. The molecule has 0 unspecified atom stereocenters. The lowest BCUT2D eigenvalue weighted by Gasteiger charge is -2.32. The van der Waals surface area contributed by atoms with E-state index in [1.807, 2.05) is 24.3 Å². The summed E-state index contributed by atoms with van der Waals surface area (Å²) in [6, 6.07) is 7.59. The topological polar surface area (TPSA) is 74.4 Å². The highest BCUT2D eigenvalue weighted by Crippen LogP contribution is 2.21. The minimum atomic E-state index is -0.0401. The van der Waals surface area contributed by atoms with Crippen LogP contribution in [0.15, 0.2) is 29.1 Å². The number of amides is 1. The molecule has 2 heterocycles. The summed E-state index contributed by atoms with van der Waals surface area (Å²) in [6.45, 7) is 4.75. The van der Waals surface area contributed by atoms with Crippen molar-refractivity contribution in [1.29, 1.82) is 0 Å². The lowest BCUT2D eigenvalue weighted by molar-refractivity contribution is -0.119. The molecular weight excluding hydrogens is 318 g/mol. The van der Waals surface area contributed by atoms with Gasteiger partial charge in [0.25, 0.3) is 5.56 Å². The molecule has 1 saturated heterocycles. The SMILES string of the molecule is COc1ccc2[nH]c(=O)c(CN3CCC[C@H](CNC(C)=O)C3)cc2c1. The largest absolute Gasteiger partial charge is 0.497 e. The van der Waals surface area contributed by atoms with Gasteiger partial charge in [-0.25, -0.2) is 0 Å². The van der Waals surface area contributed by atoms with Gasteiger partial charge in [-0.15, -0.1) is 0 Å². The quantitative estimate of drug-likeness (QED) is 0.869. The molecule has 0 bridgehead atoms. The Kier molecular flexibility index (Phi) is 5.38. The third kappa shape index (κ3) is 4.39. The van der Waals surface area contributed by atoms with E-state index in [1.165, 1.54) is 0 Å². The van der Waals surface area contributed by atoms with Crippen molar-refractivity contribution in [2.24, 2.45) is 5.92 Å². The first-order chi connectivity index (χ1) is 12.0. The molecule has 2 aromatic rings. The van der Waals surface area contributed by atoms with Crippen molar-refractivity contribution in [3.05, 3.63) is 40.2 Å². The number of aromatic amines is 1. The fraction of sp³-hybridized carbons (Fsp3) is 0.474. The number of piperidine rings is 1. The maximum Gasteiger partial charge on any atom is 0.252 e. The number of likely N-dealkylation sites (tertiary alicyclic amines) is 1. The van der Waals surface area contributed by atoms with Crippen LogP contribution < -0.4 is 15.6 Å². The van der Waals surface area contributed by atoms with E-state index in [0.717, 1.165) is 48.1 Å². The molecule has 0 saturated carbocycles. The smallest absolute Gasteiger partial charge is 0.252 e. The maximum absolute atomic E-state index is 12.4. The predicted octanol–water partition coefficient (Wildman–Crippen LogP) is 1.88. The second-order valence-corrected chi connectivity index (χ2v) is 6.76. The number of nitrogens with one attached hydrogen (secondary N) is 2. The molecular formula is C19H25N3O3. The van der Waals surface area contributed by atoms with Gasteiger partial charge in [-0.3, -0.25) is 14.5 Å². The van der Waals surface area contributed by atoms with Gasteiger partial charge < -0.3 is 15.0 Å². The van der Waals surface area contributed by atoms with Crippen LogP contribution in [0.5, 0.6) is 5.75 Å². The van der Waals surface area contributed by atoms with Gasteiger partial charge in [0.2, 0.25) is 5.91 Å². The highest BCUT2D eigenvalue weighted by Gasteiger charge is 2.21. The van der Waals surface area contributed by atoms with Crippen LogP contribution in [-0.4, -0.2) is 42.5 Å². The van der Waals surface area contributed by atoms with E-state index < -0.39 is 0 Å². The van der Waals surface area contributed by atoms with Crippen molar-refractivity contribution >= 4 is 16.8 Å². The van der Waals surface area contributed by atoms with Crippen LogP contribution in [0.2, 0.25) is 0 Å². The molecule has 1 aromatic heterocycles. The Balaban J connectivity index is 1.74. The molecule has 1 fully saturated rings. The molecule has 25 heavy (non-hydrogen) atoms. The van der Waals surface area contributed by atoms with Crippen molar-refractivity contribution in [3.8, 4) is 5.75 Å². The van der Waals surface area contributed by atoms with Gasteiger partial charge in [0.05, 0.1) is 7.11 Å². The molecule has 0 aliphatic carbocycles. The average molecular weight is 343 g/mol. The van der Waals surface area contributed by atoms with E-state index in [9.17, 15) is 9.59 Å². The van der Waals surface area contributed by atoms with Crippen molar-refractivity contribution in [2.45, 2.75) is 26.3 Å². The van der Waals surface area contributed by atoms with E-state index in [1.54, 1.807) is 14.0 Å². The first-order valence-electron chi connectivity index (χ1n) is 8.72. The Morgan fingerprint density at radius 2 is 2.24 bits per heavy atom. The van der Waals surface area contributed by atoms with E-state index in [0.29, 0.717) is 19.0 Å². The lowest BCUT2D eigenvalue weighted by Crippen LogP contribution is -2.40. The summed E-state index contributed by atoms with van der Waals surface area (Å²) in [5.41, 5.74) is 1.54. The Morgan fingerprint density at radius 1 is 1.40 bits per heavy atom. The highest BCUT2D eigenvalue weighted by atomic mass is 16.5. The third-order valence-corrected chi connectivity index (χ3v) is 4.77. The summed E-state index contributed by atoms with van der Waals surface area (Å²) >= 11 is 0. The number of aromatic nitrogens is 1. The van der Waals surface area contributed by atoms with E-state index in [2.05, 4.69) is 15.2 Å². The Bertz CT molecular complexity index is 815. The summed E-state index contributed by atoms with van der Waals surface area (Å²) in [5, 5.41) is 3.87. The van der Waals surface area contributed by atoms with Gasteiger partial charge in [-0.1, -0.05) is 0 Å². The normalized spacial score (nSPS) is 18.2. The van der Waals surface area contributed by atoms with Gasteiger partial charge >= 0.3 is 0 Å². The Hall–Kier alpha value is -2.34. The van der Waals surface area contributed by atoms with Gasteiger partial charge in [0, 0.05) is 43.0 Å². The van der Waals surface area contributed by atoms with Crippen molar-refractivity contribution in [1.82, 2.24) is 15.2 Å². The third-order valence-electron chi connectivity index (χ3n) is 4.77. The molecule has 1 atom stereocenters. The van der Waals surface area contributed by atoms with Crippen molar-refractivity contribution in [2.75, 3.05) is 26.7 Å². The van der Waals surface area contributed by atoms with Crippen LogP contribution >= 0.6 is 0 Å². The number of H-pyrrole nitrogens is 1. The number of nitrogens with zero attached hydrogens (tertiary/aromatic N) is 1. The van der Waals surface area contributed by atoms with Gasteiger partial charge in [-0.05, 0) is 49.6 Å². The van der Waals surface area contributed by atoms with Gasteiger partial charge in [-0.2, -0.15) is 0 Å². The number of fused-ring (bicyclic) bond motifs is 1. The molecule has 6 nitrogen and oxygen atoms in total. The number of pyridine rings is 1. The molecule has 1 aromatic carbocycles. The number of hydrogen-bond donors (Lipinski definition) is 2. The zero-order valence-electron chi connectivity index (χ0n) is 14.8. The number of carbonyl (C=O) groups is 1. The maximum atomic E-state index is 12.4. The monoisotopic (exact) mass is 343 g/mol. The van der Waals surface area contributed by atoms with Gasteiger partial charge in [0.1, 0.15) is 5.75 Å². The summed E-state index contributed by atoms with van der Waals surface area (Å²) < 4.78 is 5.27. The number of ether oxygens (including phenoxy) is 1. The minimum absolute atomic E-state index is 0.0112. The van der Waals surface area contributed by atoms with Gasteiger partial charge in [0.15, 0.2) is 0 Å². The molecule has 1 amide bonds. The molecule has 3 rings (SSSR count). The van der Waals surface area contributed by atoms with E-state index >= 15 is 0 Å². The van der Waals surface area contributed by atoms with Crippen LogP contribution in [0.4, 0.5) is 0 Å². The average Bonchev–Trinajstić information content (AvgIpc) is 2.60. The van der Waals surface area contributed by atoms with Crippen molar-refractivity contribution < 1.29 is 9.53 Å². The molecule has 6 heteroatoms. The molecule has 0 spiro atoms. The highest BCUT2D eigenvalue weighted by molar-refractivity contribution is 5.80. The molecule has 1 aliphatic heterocycles. The summed E-state index contributed by atoms with van der Waals surface area (Å²) in [5.74, 6) is 1.23. The summed E-state index contributed by atoms with van der Waals surface area (Å²) in [7, 11) is 1.64. The summed E-state index contributed by atoms with van der Waals surface area (Å²) in [6.07, 6.45) is 2.20. The minimum Gasteiger partial charge on any atom is -0.497 e. The summed E-state index contributed by atoms with van der Waals surface area (Å²) in [4.78, 5) is 28.7. The second kappa shape index (κ2) is 7.70. The van der Waals surface area contributed by atoms with E-state index in [-0.39, 0.29) is 11.5 Å². The fourth-order valence-corrected chi connectivity index (χ4v) is 3.46. The Labute approximate surface area is 147 Å². The number of rotatable bonds is 5. The number of hydrogen-bond acceptors (Lipinski definition) is 4. The van der Waals surface area contributed by atoms with Crippen LogP contribution in [-0.2, 0) is 11.3 Å². The van der Waals surface area contributed by atoms with Crippen LogP contribution in [0, 0.1) is 5.92 Å². The van der Waals surface area contributed by atoms with E-state index in [4.69, 9.17) is 4.74 Å². The van der Waals surface area contributed by atoms with Crippen LogP contribution in [0.25, 0.3) is 10.9 Å². The fourth-order valence-electron chi connectivity index (χ4n) is 3.46.